The number of ether oxygens (including phenoxy) is 3. The molecule has 0 aromatic heterocycles. The van der Waals surface area contributed by atoms with Crippen LogP contribution in [-0.2, 0) is 11.2 Å². The Labute approximate surface area is 174 Å². The van der Waals surface area contributed by atoms with Gasteiger partial charge in [-0.25, -0.2) is 0 Å². The number of benzene rings is 1. The summed E-state index contributed by atoms with van der Waals surface area (Å²) in [5.41, 5.74) is 0.897. The van der Waals surface area contributed by atoms with Crippen LogP contribution in [0, 0.1) is 0 Å². The van der Waals surface area contributed by atoms with Crippen molar-refractivity contribution >= 4 is 5.78 Å². The second-order valence-electron chi connectivity index (χ2n) is 7.66. The number of carbonyl (C=O) groups is 1. The minimum Gasteiger partial charge on any atom is -0.493 e. The Kier molecular flexibility index (Phi) is 9.70. The number of nitrogens with zero attached hydrogens (tertiary/aromatic N) is 2. The molecule has 7 nitrogen and oxygen atoms in total. The van der Waals surface area contributed by atoms with Crippen molar-refractivity contribution in [2.45, 2.75) is 39.2 Å². The van der Waals surface area contributed by atoms with E-state index >= 15 is 0 Å². The first-order chi connectivity index (χ1) is 13.9. The molecule has 1 saturated heterocycles. The predicted octanol–water partition coefficient (Wildman–Crippen LogP) is 1.99. The number of aliphatic hydroxyl groups excluding tert-OH is 1. The first-order valence-corrected chi connectivity index (χ1v) is 10.5. The van der Waals surface area contributed by atoms with Gasteiger partial charge < -0.3 is 29.1 Å². The van der Waals surface area contributed by atoms with E-state index in [1.807, 2.05) is 6.07 Å². The number of ketones is 1. The van der Waals surface area contributed by atoms with Gasteiger partial charge >= 0.3 is 0 Å². The van der Waals surface area contributed by atoms with Crippen LogP contribution in [-0.4, -0.2) is 86.9 Å². The highest BCUT2D eigenvalue weighted by Crippen LogP contribution is 2.36. The van der Waals surface area contributed by atoms with Gasteiger partial charge in [-0.15, -0.1) is 0 Å². The molecular formula is C22H36N2O5. The second kappa shape index (κ2) is 12.0. The number of rotatable bonds is 12. The third-order valence-electron chi connectivity index (χ3n) is 5.30. The number of aryl methyl sites for hydroxylation is 1. The SMILES string of the molecule is COc1cc(CCCO)c(OC(C)C(C)=O)cc1OCCCN1CCN(C)CC1. The molecule has 7 heteroatoms. The highest BCUT2D eigenvalue weighted by atomic mass is 16.5. The highest BCUT2D eigenvalue weighted by molar-refractivity contribution is 5.80. The summed E-state index contributed by atoms with van der Waals surface area (Å²) < 4.78 is 17.4. The maximum absolute atomic E-state index is 11.6. The maximum Gasteiger partial charge on any atom is 0.169 e. The van der Waals surface area contributed by atoms with Crippen LogP contribution in [0.5, 0.6) is 17.2 Å². The van der Waals surface area contributed by atoms with Crippen LogP contribution in [0.15, 0.2) is 12.1 Å². The molecule has 1 aliphatic heterocycles. The van der Waals surface area contributed by atoms with Gasteiger partial charge in [-0.1, -0.05) is 0 Å². The zero-order valence-corrected chi connectivity index (χ0v) is 18.3. The molecule has 2 rings (SSSR count). The van der Waals surface area contributed by atoms with E-state index in [9.17, 15) is 9.90 Å². The van der Waals surface area contributed by atoms with E-state index in [4.69, 9.17) is 14.2 Å². The predicted molar refractivity (Wildman–Crippen MR) is 113 cm³/mol. The first-order valence-electron chi connectivity index (χ1n) is 10.5. The fourth-order valence-corrected chi connectivity index (χ4v) is 3.25. The monoisotopic (exact) mass is 408 g/mol. The molecule has 0 bridgehead atoms. The molecule has 1 aromatic carbocycles. The summed E-state index contributed by atoms with van der Waals surface area (Å²) in [6.45, 7) is 9.35. The van der Waals surface area contributed by atoms with Crippen LogP contribution in [0.2, 0.25) is 0 Å². The van der Waals surface area contributed by atoms with Crippen molar-refractivity contribution in [2.75, 3.05) is 60.1 Å². The number of Topliss-reactive ketones (excluding diaryl/α,β-unsaturated/α-hetero) is 1. The van der Waals surface area contributed by atoms with Crippen molar-refractivity contribution in [1.82, 2.24) is 9.80 Å². The summed E-state index contributed by atoms with van der Waals surface area (Å²) in [5, 5.41) is 9.18. The molecule has 0 aliphatic carbocycles. The normalized spacial score (nSPS) is 16.4. The molecule has 0 spiro atoms. The molecule has 29 heavy (non-hydrogen) atoms. The average Bonchev–Trinajstić information content (AvgIpc) is 2.71. The zero-order valence-electron chi connectivity index (χ0n) is 18.3. The molecule has 1 unspecified atom stereocenters. The molecule has 0 saturated carbocycles. The molecule has 1 aliphatic rings. The van der Waals surface area contributed by atoms with E-state index in [1.54, 1.807) is 20.1 Å². The van der Waals surface area contributed by atoms with Crippen LogP contribution >= 0.6 is 0 Å². The zero-order chi connectivity index (χ0) is 21.2. The van der Waals surface area contributed by atoms with Crippen LogP contribution < -0.4 is 14.2 Å². The summed E-state index contributed by atoms with van der Waals surface area (Å²) >= 11 is 0. The lowest BCUT2D eigenvalue weighted by molar-refractivity contribution is -0.122. The largest absolute Gasteiger partial charge is 0.493 e. The van der Waals surface area contributed by atoms with Gasteiger partial charge in [0.25, 0.3) is 0 Å². The number of likely N-dealkylation sites (N-methyl/N-ethyl adjacent to an activating group) is 1. The minimum atomic E-state index is -0.540. The average molecular weight is 409 g/mol. The molecule has 0 amide bonds. The Balaban J connectivity index is 2.01. The quantitative estimate of drug-likeness (QED) is 0.530. The van der Waals surface area contributed by atoms with Crippen molar-refractivity contribution in [2.24, 2.45) is 0 Å². The molecule has 1 aromatic rings. The molecular weight excluding hydrogens is 372 g/mol. The molecule has 1 heterocycles. The van der Waals surface area contributed by atoms with Crippen LogP contribution in [0.1, 0.15) is 32.3 Å². The summed E-state index contributed by atoms with van der Waals surface area (Å²) in [6.07, 6.45) is 1.64. The van der Waals surface area contributed by atoms with E-state index in [1.165, 1.54) is 6.92 Å². The lowest BCUT2D eigenvalue weighted by atomic mass is 10.1. The molecule has 1 atom stereocenters. The Bertz CT molecular complexity index is 644. The maximum atomic E-state index is 11.6. The fraction of sp³-hybridized carbons (Fsp3) is 0.682. The Morgan fingerprint density at radius 1 is 1.14 bits per heavy atom. The second-order valence-corrected chi connectivity index (χ2v) is 7.66. The van der Waals surface area contributed by atoms with E-state index in [-0.39, 0.29) is 12.4 Å². The van der Waals surface area contributed by atoms with Crippen LogP contribution in [0.25, 0.3) is 0 Å². The van der Waals surface area contributed by atoms with Gasteiger partial charge in [0.05, 0.1) is 13.7 Å². The summed E-state index contributed by atoms with van der Waals surface area (Å²) in [7, 11) is 3.77. The number of methoxy groups -OCH3 is 1. The Morgan fingerprint density at radius 2 is 1.86 bits per heavy atom. The number of piperazine rings is 1. The number of hydrogen-bond donors (Lipinski definition) is 1. The van der Waals surface area contributed by atoms with Crippen LogP contribution in [0.4, 0.5) is 0 Å². The van der Waals surface area contributed by atoms with Gasteiger partial charge in [0.2, 0.25) is 0 Å². The van der Waals surface area contributed by atoms with Crippen molar-refractivity contribution in [3.63, 3.8) is 0 Å². The first kappa shape index (κ1) is 23.4. The summed E-state index contributed by atoms with van der Waals surface area (Å²) in [4.78, 5) is 16.4. The topological polar surface area (TPSA) is 71.5 Å². The number of carbonyl (C=O) groups excluding carboxylic acids is 1. The smallest absolute Gasteiger partial charge is 0.169 e. The third-order valence-corrected chi connectivity index (χ3v) is 5.30. The van der Waals surface area contributed by atoms with Crippen molar-refractivity contribution in [3.05, 3.63) is 17.7 Å². The van der Waals surface area contributed by atoms with Crippen LogP contribution in [0.3, 0.4) is 0 Å². The van der Waals surface area contributed by atoms with E-state index in [0.717, 1.165) is 44.7 Å². The molecule has 0 radical (unpaired) electrons. The third kappa shape index (κ3) is 7.49. The van der Waals surface area contributed by atoms with Gasteiger partial charge in [0.15, 0.2) is 23.4 Å². The van der Waals surface area contributed by atoms with Gasteiger partial charge in [-0.3, -0.25) is 4.79 Å². The lowest BCUT2D eigenvalue weighted by Gasteiger charge is -2.32. The summed E-state index contributed by atoms with van der Waals surface area (Å²) in [6, 6.07) is 3.69. The van der Waals surface area contributed by atoms with Crippen molar-refractivity contribution in [3.8, 4) is 17.2 Å². The fourth-order valence-electron chi connectivity index (χ4n) is 3.25. The lowest BCUT2D eigenvalue weighted by Crippen LogP contribution is -2.44. The van der Waals surface area contributed by atoms with Gasteiger partial charge in [0, 0.05) is 45.4 Å². The number of aliphatic hydroxyl groups is 1. The highest BCUT2D eigenvalue weighted by Gasteiger charge is 2.17. The minimum absolute atomic E-state index is 0.0384. The molecule has 1 fully saturated rings. The van der Waals surface area contributed by atoms with Crippen molar-refractivity contribution < 1.29 is 24.1 Å². The number of hydrogen-bond acceptors (Lipinski definition) is 7. The van der Waals surface area contributed by atoms with E-state index < -0.39 is 6.10 Å². The Morgan fingerprint density at radius 3 is 2.48 bits per heavy atom. The molecule has 1 N–H and O–H groups in total. The summed E-state index contributed by atoms with van der Waals surface area (Å²) in [5.74, 6) is 1.82. The molecule has 164 valence electrons. The van der Waals surface area contributed by atoms with E-state index in [2.05, 4.69) is 16.8 Å². The van der Waals surface area contributed by atoms with Crippen molar-refractivity contribution in [1.29, 1.82) is 0 Å². The Hall–Kier alpha value is -1.83. The van der Waals surface area contributed by atoms with E-state index in [0.29, 0.717) is 36.7 Å². The van der Waals surface area contributed by atoms with Gasteiger partial charge in [-0.2, -0.15) is 0 Å². The van der Waals surface area contributed by atoms with Gasteiger partial charge in [0.1, 0.15) is 5.75 Å². The van der Waals surface area contributed by atoms with Gasteiger partial charge in [-0.05, 0) is 51.8 Å². The standard InChI is InChI=1S/C22H36N2O5/c1-17(26)18(2)29-20-16-22(21(27-4)15-19(20)7-5-13-25)28-14-6-8-24-11-9-23(3)10-12-24/h15-16,18,25H,5-14H2,1-4H3.